The van der Waals surface area contributed by atoms with Gasteiger partial charge in [0, 0.05) is 24.2 Å². The number of nitrogens with one attached hydrogen (secondary N) is 1. The van der Waals surface area contributed by atoms with Crippen LogP contribution in [0.5, 0.6) is 0 Å². The fraction of sp³-hybridized carbons (Fsp3) is 0.125. The Balaban J connectivity index is 2.39. The molecular weight excluding hydrogens is 316 g/mol. The number of anilines is 2. The van der Waals surface area contributed by atoms with Crippen LogP contribution >= 0.6 is 11.6 Å². The Morgan fingerprint density at radius 2 is 2.00 bits per heavy atom. The van der Waals surface area contributed by atoms with Crippen LogP contribution in [0.1, 0.15) is 35.5 Å². The van der Waals surface area contributed by atoms with Gasteiger partial charge >= 0.3 is 0 Å². The molecule has 6 nitrogen and oxygen atoms in total. The van der Waals surface area contributed by atoms with Gasteiger partial charge in [-0.2, -0.15) is 0 Å². The lowest BCUT2D eigenvalue weighted by molar-refractivity contribution is -0.114. The van der Waals surface area contributed by atoms with E-state index in [0.29, 0.717) is 11.4 Å². The largest absolute Gasteiger partial charge is 0.396 e. The van der Waals surface area contributed by atoms with E-state index in [1.807, 2.05) is 0 Å². The monoisotopic (exact) mass is 328 g/mol. The molecule has 0 aliphatic carbocycles. The molecule has 1 amide bonds. The molecular formula is C16H13ClN4O2. The maximum absolute atomic E-state index is 11.5. The van der Waals surface area contributed by atoms with E-state index in [2.05, 4.69) is 27.1 Å². The molecule has 0 spiro atoms. The van der Waals surface area contributed by atoms with E-state index in [1.165, 1.54) is 26.1 Å². The average Bonchev–Trinajstić information content (AvgIpc) is 2.47. The van der Waals surface area contributed by atoms with Crippen molar-refractivity contribution < 1.29 is 9.59 Å². The molecule has 0 aromatic carbocycles. The van der Waals surface area contributed by atoms with Crippen molar-refractivity contribution in [2.45, 2.75) is 13.8 Å². The zero-order chi connectivity index (χ0) is 17.0. The second-order valence-electron chi connectivity index (χ2n) is 4.67. The average molecular weight is 329 g/mol. The highest BCUT2D eigenvalue weighted by Crippen LogP contribution is 2.20. The highest BCUT2D eigenvalue weighted by atomic mass is 35.5. The Bertz CT molecular complexity index is 853. The fourth-order valence-electron chi connectivity index (χ4n) is 1.80. The predicted molar refractivity (Wildman–Crippen MR) is 88.2 cm³/mol. The van der Waals surface area contributed by atoms with E-state index in [0.717, 1.165) is 0 Å². The Morgan fingerprint density at radius 3 is 2.65 bits per heavy atom. The van der Waals surface area contributed by atoms with Crippen LogP contribution in [-0.2, 0) is 4.79 Å². The molecule has 0 atom stereocenters. The van der Waals surface area contributed by atoms with E-state index < -0.39 is 0 Å². The second-order valence-corrected chi connectivity index (χ2v) is 5.06. The molecule has 116 valence electrons. The van der Waals surface area contributed by atoms with E-state index >= 15 is 0 Å². The summed E-state index contributed by atoms with van der Waals surface area (Å²) in [6, 6.07) is 4.69. The molecule has 2 aromatic heterocycles. The van der Waals surface area contributed by atoms with Crippen molar-refractivity contribution in [1.82, 2.24) is 9.97 Å². The summed E-state index contributed by atoms with van der Waals surface area (Å²) in [5, 5.41) is 2.71. The zero-order valence-corrected chi connectivity index (χ0v) is 13.2. The molecule has 0 bridgehead atoms. The van der Waals surface area contributed by atoms with Crippen LogP contribution in [0.3, 0.4) is 0 Å². The number of Topliss-reactive ketones (excluding diaryl/α,β-unsaturated/α-hetero) is 1. The van der Waals surface area contributed by atoms with Crippen molar-refractivity contribution in [2.24, 2.45) is 0 Å². The van der Waals surface area contributed by atoms with Crippen LogP contribution < -0.4 is 11.1 Å². The molecule has 0 aliphatic rings. The highest BCUT2D eigenvalue weighted by Gasteiger charge is 2.11. The summed E-state index contributed by atoms with van der Waals surface area (Å²) in [4.78, 5) is 30.6. The summed E-state index contributed by atoms with van der Waals surface area (Å²) in [7, 11) is 0. The van der Waals surface area contributed by atoms with Crippen LogP contribution in [0.2, 0.25) is 5.15 Å². The fourth-order valence-corrected chi connectivity index (χ4v) is 1.99. The quantitative estimate of drug-likeness (QED) is 0.500. The number of hydrogen-bond donors (Lipinski definition) is 2. The Hall–Kier alpha value is -2.91. The number of carbonyl (C=O) groups is 2. The minimum atomic E-state index is -0.227. The third-order valence-corrected chi connectivity index (χ3v) is 2.99. The van der Waals surface area contributed by atoms with Gasteiger partial charge in [-0.3, -0.25) is 9.59 Å². The first-order valence-corrected chi connectivity index (χ1v) is 6.97. The van der Waals surface area contributed by atoms with Crippen molar-refractivity contribution in [3.05, 3.63) is 46.4 Å². The minimum absolute atomic E-state index is 0.141. The van der Waals surface area contributed by atoms with Gasteiger partial charge in [0.15, 0.2) is 5.78 Å². The smallest absolute Gasteiger partial charge is 0.222 e. The summed E-state index contributed by atoms with van der Waals surface area (Å²) < 4.78 is 0. The number of carbonyl (C=O) groups excluding carboxylic acids is 2. The molecule has 2 rings (SSSR count). The molecule has 2 aromatic rings. The number of nitrogen functional groups attached to an aromatic ring is 1. The molecule has 3 N–H and O–H groups in total. The summed E-state index contributed by atoms with van der Waals surface area (Å²) in [5.74, 6) is 5.58. The van der Waals surface area contributed by atoms with Crippen LogP contribution in [0.15, 0.2) is 24.4 Å². The number of hydrogen-bond acceptors (Lipinski definition) is 5. The summed E-state index contributed by atoms with van der Waals surface area (Å²) in [6.45, 7) is 2.78. The Kier molecular flexibility index (Phi) is 4.94. The highest BCUT2D eigenvalue weighted by molar-refractivity contribution is 6.30. The van der Waals surface area contributed by atoms with Gasteiger partial charge in [-0.1, -0.05) is 17.5 Å². The van der Waals surface area contributed by atoms with E-state index in [1.54, 1.807) is 12.1 Å². The maximum Gasteiger partial charge on any atom is 0.222 e. The lowest BCUT2D eigenvalue weighted by Crippen LogP contribution is -2.07. The molecule has 0 aliphatic heterocycles. The second kappa shape index (κ2) is 6.90. The van der Waals surface area contributed by atoms with Gasteiger partial charge in [-0.15, -0.1) is 0 Å². The minimum Gasteiger partial charge on any atom is -0.396 e. The standard InChI is InChI=1S/C16H13ClN4O2/c1-9(22)12-8-14(17)21-13(16(12)18)4-3-11-5-6-19-15(7-11)20-10(2)23/h5-8H,18H2,1-2H3,(H,19,20,23). The van der Waals surface area contributed by atoms with Crippen LogP contribution in [-0.4, -0.2) is 21.7 Å². The Labute approximate surface area is 138 Å². The predicted octanol–water partition coefficient (Wildman–Crippen LogP) is 2.27. The number of ketones is 1. The third kappa shape index (κ3) is 4.28. The SMILES string of the molecule is CC(=O)Nc1cc(C#Cc2nc(Cl)cc(C(C)=O)c2N)ccn1. The molecule has 23 heavy (non-hydrogen) atoms. The number of rotatable bonds is 2. The Morgan fingerprint density at radius 1 is 1.26 bits per heavy atom. The number of nitrogens with zero attached hydrogens (tertiary/aromatic N) is 2. The first kappa shape index (κ1) is 16.5. The first-order chi connectivity index (χ1) is 10.9. The summed E-state index contributed by atoms with van der Waals surface area (Å²) in [6.07, 6.45) is 1.52. The van der Waals surface area contributed by atoms with Gasteiger partial charge in [0.1, 0.15) is 16.7 Å². The number of amides is 1. The summed E-state index contributed by atoms with van der Waals surface area (Å²) in [5.41, 5.74) is 7.19. The van der Waals surface area contributed by atoms with Gasteiger partial charge < -0.3 is 11.1 Å². The topological polar surface area (TPSA) is 98.0 Å². The molecule has 2 heterocycles. The van der Waals surface area contributed by atoms with Gasteiger partial charge in [0.05, 0.1) is 5.69 Å². The van der Waals surface area contributed by atoms with Gasteiger partial charge in [0.25, 0.3) is 0 Å². The van der Waals surface area contributed by atoms with Crippen molar-refractivity contribution in [1.29, 1.82) is 0 Å². The zero-order valence-electron chi connectivity index (χ0n) is 12.5. The number of nitrogens with two attached hydrogens (primary N) is 1. The number of halogens is 1. The van der Waals surface area contributed by atoms with Crippen LogP contribution in [0.4, 0.5) is 11.5 Å². The van der Waals surface area contributed by atoms with Crippen molar-refractivity contribution in [3.63, 3.8) is 0 Å². The molecule has 0 saturated heterocycles. The molecule has 0 radical (unpaired) electrons. The van der Waals surface area contributed by atoms with Crippen LogP contribution in [0, 0.1) is 11.8 Å². The third-order valence-electron chi connectivity index (χ3n) is 2.80. The van der Waals surface area contributed by atoms with Gasteiger partial charge in [-0.25, -0.2) is 9.97 Å². The van der Waals surface area contributed by atoms with E-state index in [9.17, 15) is 9.59 Å². The lowest BCUT2D eigenvalue weighted by Gasteiger charge is -2.04. The van der Waals surface area contributed by atoms with E-state index in [4.69, 9.17) is 17.3 Å². The first-order valence-electron chi connectivity index (χ1n) is 6.59. The molecule has 7 heteroatoms. The van der Waals surface area contributed by atoms with Gasteiger partial charge in [0.2, 0.25) is 5.91 Å². The normalized spacial score (nSPS) is 9.70. The summed E-state index contributed by atoms with van der Waals surface area (Å²) >= 11 is 5.89. The van der Waals surface area contributed by atoms with Crippen molar-refractivity contribution in [3.8, 4) is 11.8 Å². The molecule has 0 unspecified atom stereocenters. The van der Waals surface area contributed by atoms with Gasteiger partial charge in [-0.05, 0) is 31.0 Å². The van der Waals surface area contributed by atoms with Crippen molar-refractivity contribution in [2.75, 3.05) is 11.1 Å². The van der Waals surface area contributed by atoms with Crippen LogP contribution in [0.25, 0.3) is 0 Å². The maximum atomic E-state index is 11.5. The molecule has 0 saturated carbocycles. The number of pyridine rings is 2. The lowest BCUT2D eigenvalue weighted by atomic mass is 10.1. The molecule has 0 fully saturated rings. The van der Waals surface area contributed by atoms with Crippen molar-refractivity contribution >= 4 is 34.8 Å². The van der Waals surface area contributed by atoms with E-state index in [-0.39, 0.29) is 33.8 Å². The number of aromatic nitrogens is 2.